The van der Waals surface area contributed by atoms with Crippen molar-refractivity contribution in [2.24, 2.45) is 0 Å². The lowest BCUT2D eigenvalue weighted by Gasteiger charge is -2.20. The third-order valence-corrected chi connectivity index (χ3v) is 6.94. The zero-order valence-corrected chi connectivity index (χ0v) is 21.1. The Labute approximate surface area is 215 Å². The average molecular weight is 503 g/mol. The van der Waals surface area contributed by atoms with E-state index in [9.17, 15) is 4.79 Å². The largest absolute Gasteiger partial charge is 0.337 e. The number of rotatable bonds is 8. The first-order chi connectivity index (χ1) is 16.7. The van der Waals surface area contributed by atoms with Crippen LogP contribution in [0.4, 0.5) is 5.13 Å². The number of imidazole rings is 1. The molecule has 5 nitrogen and oxygen atoms in total. The van der Waals surface area contributed by atoms with Crippen LogP contribution >= 0.6 is 23.7 Å². The van der Waals surface area contributed by atoms with Crippen LogP contribution in [-0.2, 0) is 13.0 Å². The minimum absolute atomic E-state index is 0. The molecule has 0 aliphatic heterocycles. The Bertz CT molecular complexity index is 1380. The van der Waals surface area contributed by atoms with Gasteiger partial charge in [-0.1, -0.05) is 65.9 Å². The van der Waals surface area contributed by atoms with Gasteiger partial charge in [0.15, 0.2) is 5.13 Å². The number of carbonyl (C=O) groups is 1. The molecule has 0 N–H and O–H groups in total. The van der Waals surface area contributed by atoms with Gasteiger partial charge in [0.25, 0.3) is 5.91 Å². The van der Waals surface area contributed by atoms with E-state index in [1.807, 2.05) is 52.1 Å². The molecule has 5 aromatic rings. The molecule has 5 rings (SSSR count). The Hall–Kier alpha value is -3.48. The number of hydrogen-bond acceptors (Lipinski definition) is 4. The molecule has 1 amide bonds. The van der Waals surface area contributed by atoms with Crippen LogP contribution < -0.4 is 4.90 Å². The van der Waals surface area contributed by atoms with Crippen LogP contribution in [0.15, 0.2) is 91.5 Å². The Balaban J connectivity index is 0.00000289. The highest BCUT2D eigenvalue weighted by Crippen LogP contribution is 2.31. The Morgan fingerprint density at radius 1 is 0.971 bits per heavy atom. The van der Waals surface area contributed by atoms with E-state index < -0.39 is 0 Å². The molecular formula is C28H27ClN4OS. The molecule has 0 fully saturated rings. The maximum atomic E-state index is 13.6. The quantitative estimate of drug-likeness (QED) is 0.242. The van der Waals surface area contributed by atoms with E-state index in [0.717, 1.165) is 40.3 Å². The van der Waals surface area contributed by atoms with E-state index in [1.165, 1.54) is 11.1 Å². The van der Waals surface area contributed by atoms with Gasteiger partial charge in [-0.15, -0.1) is 12.4 Å². The molecule has 0 bridgehead atoms. The topological polar surface area (TPSA) is 51.0 Å². The number of amides is 1. The molecule has 2 aromatic heterocycles. The van der Waals surface area contributed by atoms with Gasteiger partial charge in [0, 0.05) is 31.0 Å². The van der Waals surface area contributed by atoms with Crippen molar-refractivity contribution in [1.29, 1.82) is 0 Å². The van der Waals surface area contributed by atoms with E-state index in [1.54, 1.807) is 23.9 Å². The monoisotopic (exact) mass is 502 g/mol. The minimum Gasteiger partial charge on any atom is -0.337 e. The predicted octanol–water partition coefficient (Wildman–Crippen LogP) is 6.55. The van der Waals surface area contributed by atoms with Gasteiger partial charge < -0.3 is 4.57 Å². The number of halogens is 1. The van der Waals surface area contributed by atoms with Gasteiger partial charge in [-0.25, -0.2) is 9.97 Å². The lowest BCUT2D eigenvalue weighted by Crippen LogP contribution is -2.32. The summed E-state index contributed by atoms with van der Waals surface area (Å²) in [4.78, 5) is 24.4. The summed E-state index contributed by atoms with van der Waals surface area (Å²) < 4.78 is 3.13. The molecule has 0 aliphatic rings. The van der Waals surface area contributed by atoms with Gasteiger partial charge in [0.2, 0.25) is 0 Å². The summed E-state index contributed by atoms with van der Waals surface area (Å²) in [5, 5.41) is 0.744. The van der Waals surface area contributed by atoms with Crippen molar-refractivity contribution in [3.05, 3.63) is 114 Å². The lowest BCUT2D eigenvalue weighted by molar-refractivity contribution is 0.0986. The number of para-hydroxylation sites is 1. The van der Waals surface area contributed by atoms with Gasteiger partial charge in [-0.2, -0.15) is 0 Å². The maximum Gasteiger partial charge on any atom is 0.260 e. The van der Waals surface area contributed by atoms with Crippen LogP contribution in [0.5, 0.6) is 0 Å². The molecule has 3 aromatic carbocycles. The molecule has 2 heterocycles. The molecule has 7 heteroatoms. The van der Waals surface area contributed by atoms with Gasteiger partial charge in [-0.05, 0) is 54.7 Å². The first-order valence-electron chi connectivity index (χ1n) is 11.4. The Morgan fingerprint density at radius 3 is 2.46 bits per heavy atom. The highest BCUT2D eigenvalue weighted by atomic mass is 35.5. The SMILES string of the molecule is Cc1cccc2sc(N(CCCn3ccnc3)C(=O)c3ccc(Cc4ccccc4)cc3)nc12.Cl. The number of hydrogen-bond donors (Lipinski definition) is 0. The summed E-state index contributed by atoms with van der Waals surface area (Å²) >= 11 is 1.57. The summed E-state index contributed by atoms with van der Waals surface area (Å²) in [5.41, 5.74) is 5.21. The fraction of sp³-hybridized carbons (Fsp3) is 0.179. The number of benzene rings is 3. The molecule has 0 aliphatic carbocycles. The third-order valence-electron chi connectivity index (χ3n) is 5.89. The molecule has 0 unspecified atom stereocenters. The van der Waals surface area contributed by atoms with Crippen molar-refractivity contribution in [3.8, 4) is 0 Å². The minimum atomic E-state index is -0.0198. The van der Waals surface area contributed by atoms with Crippen LogP contribution in [0, 0.1) is 6.92 Å². The number of thiazole rings is 1. The van der Waals surface area contributed by atoms with Gasteiger partial charge in [0.05, 0.1) is 16.5 Å². The molecule has 35 heavy (non-hydrogen) atoms. The van der Waals surface area contributed by atoms with Gasteiger partial charge in [0.1, 0.15) is 0 Å². The van der Waals surface area contributed by atoms with Crippen molar-refractivity contribution >= 4 is 45.0 Å². The smallest absolute Gasteiger partial charge is 0.260 e. The van der Waals surface area contributed by atoms with Crippen LogP contribution in [0.2, 0.25) is 0 Å². The molecule has 0 saturated carbocycles. The molecule has 0 atom stereocenters. The first-order valence-corrected chi connectivity index (χ1v) is 12.3. The van der Waals surface area contributed by atoms with Gasteiger partial charge in [-0.3, -0.25) is 9.69 Å². The summed E-state index contributed by atoms with van der Waals surface area (Å²) in [5.74, 6) is -0.0198. The van der Waals surface area contributed by atoms with Crippen molar-refractivity contribution < 1.29 is 4.79 Å². The number of anilines is 1. The highest BCUT2D eigenvalue weighted by molar-refractivity contribution is 7.22. The Kier molecular flexibility index (Phi) is 7.95. The van der Waals surface area contributed by atoms with Crippen LogP contribution in [-0.4, -0.2) is 27.0 Å². The summed E-state index contributed by atoms with van der Waals surface area (Å²) in [7, 11) is 0. The average Bonchev–Trinajstić information content (AvgIpc) is 3.53. The predicted molar refractivity (Wildman–Crippen MR) is 146 cm³/mol. The van der Waals surface area contributed by atoms with Crippen LogP contribution in [0.25, 0.3) is 10.2 Å². The highest BCUT2D eigenvalue weighted by Gasteiger charge is 2.21. The van der Waals surface area contributed by atoms with E-state index in [-0.39, 0.29) is 18.3 Å². The molecular weight excluding hydrogens is 476 g/mol. The second-order valence-electron chi connectivity index (χ2n) is 8.39. The zero-order chi connectivity index (χ0) is 23.3. The normalized spacial score (nSPS) is 10.8. The van der Waals surface area contributed by atoms with Gasteiger partial charge >= 0.3 is 0 Å². The second kappa shape index (κ2) is 11.3. The fourth-order valence-electron chi connectivity index (χ4n) is 4.06. The maximum absolute atomic E-state index is 13.6. The lowest BCUT2D eigenvalue weighted by atomic mass is 10.0. The number of aromatic nitrogens is 3. The van der Waals surface area contributed by atoms with Crippen LogP contribution in [0.1, 0.15) is 33.5 Å². The number of carbonyl (C=O) groups excluding carboxylic acids is 1. The summed E-state index contributed by atoms with van der Waals surface area (Å²) in [6.07, 6.45) is 7.18. The van der Waals surface area contributed by atoms with Crippen molar-refractivity contribution in [1.82, 2.24) is 14.5 Å². The Morgan fingerprint density at radius 2 is 1.74 bits per heavy atom. The van der Waals surface area contributed by atoms with Crippen molar-refractivity contribution in [2.45, 2.75) is 26.3 Å². The second-order valence-corrected chi connectivity index (χ2v) is 9.40. The molecule has 178 valence electrons. The van der Waals surface area contributed by atoms with E-state index in [2.05, 4.69) is 48.3 Å². The number of nitrogens with zero attached hydrogens (tertiary/aromatic N) is 4. The first kappa shape index (κ1) is 24.6. The molecule has 0 spiro atoms. The number of aryl methyl sites for hydroxylation is 2. The van der Waals surface area contributed by atoms with Crippen molar-refractivity contribution in [2.75, 3.05) is 11.4 Å². The fourth-order valence-corrected chi connectivity index (χ4v) is 5.12. The van der Waals surface area contributed by atoms with E-state index in [0.29, 0.717) is 12.1 Å². The molecule has 0 saturated heterocycles. The summed E-state index contributed by atoms with van der Waals surface area (Å²) in [6.45, 7) is 3.44. The van der Waals surface area contributed by atoms with Crippen molar-refractivity contribution in [3.63, 3.8) is 0 Å². The van der Waals surface area contributed by atoms with E-state index in [4.69, 9.17) is 4.98 Å². The third kappa shape index (κ3) is 5.78. The standard InChI is InChI=1S/C28H26N4OS.ClH/c1-21-7-5-10-25-26(21)30-28(34-25)32(17-6-16-31-18-15-29-20-31)27(33)24-13-11-23(12-14-24)19-22-8-3-2-4-9-22;/h2-5,7-15,18,20H,6,16-17,19H2,1H3;1H. The zero-order valence-electron chi connectivity index (χ0n) is 19.5. The number of fused-ring (bicyclic) bond motifs is 1. The summed E-state index contributed by atoms with van der Waals surface area (Å²) in [6, 6.07) is 24.5. The molecule has 0 radical (unpaired) electrons. The van der Waals surface area contributed by atoms with E-state index >= 15 is 0 Å². The van der Waals surface area contributed by atoms with Crippen LogP contribution in [0.3, 0.4) is 0 Å².